The molecule has 0 aliphatic rings. The first-order valence-corrected chi connectivity index (χ1v) is 4.00. The second-order valence-corrected chi connectivity index (χ2v) is 3.00. The van der Waals surface area contributed by atoms with E-state index in [4.69, 9.17) is 29.6 Å². The predicted octanol–water partition coefficient (Wildman–Crippen LogP) is 2.66. The van der Waals surface area contributed by atoms with Gasteiger partial charge in [0.25, 0.3) is 0 Å². The van der Waals surface area contributed by atoms with Crippen LogP contribution in [0.1, 0.15) is 11.7 Å². The highest BCUT2D eigenvalue weighted by molar-refractivity contribution is 6.42. The van der Waals surface area contributed by atoms with Crippen LogP contribution in [-0.4, -0.2) is 5.11 Å². The van der Waals surface area contributed by atoms with Gasteiger partial charge in [-0.3, -0.25) is 0 Å². The summed E-state index contributed by atoms with van der Waals surface area (Å²) >= 11 is 11.5. The highest BCUT2D eigenvalue weighted by Crippen LogP contribution is 2.29. The molecular formula is C9H6Cl2O. The second-order valence-electron chi connectivity index (χ2n) is 2.21. The van der Waals surface area contributed by atoms with Crippen LogP contribution < -0.4 is 0 Å². The molecular weight excluding hydrogens is 195 g/mol. The molecule has 0 aromatic heterocycles. The van der Waals surface area contributed by atoms with Crippen LogP contribution in [0.3, 0.4) is 0 Å². The van der Waals surface area contributed by atoms with Crippen molar-refractivity contribution in [2.24, 2.45) is 0 Å². The molecule has 0 heterocycles. The molecule has 0 spiro atoms. The van der Waals surface area contributed by atoms with Crippen molar-refractivity contribution in [2.45, 2.75) is 6.10 Å². The highest BCUT2D eigenvalue weighted by Gasteiger charge is 2.09. The summed E-state index contributed by atoms with van der Waals surface area (Å²) in [5.41, 5.74) is 0.465. The Hall–Kier alpha value is -0.680. The van der Waals surface area contributed by atoms with Gasteiger partial charge in [0.2, 0.25) is 0 Å². The lowest BCUT2D eigenvalue weighted by Crippen LogP contribution is -1.94. The minimum absolute atomic E-state index is 0.310. The Morgan fingerprint density at radius 2 is 2.08 bits per heavy atom. The van der Waals surface area contributed by atoms with Gasteiger partial charge in [-0.2, -0.15) is 0 Å². The Kier molecular flexibility index (Phi) is 2.99. The van der Waals surface area contributed by atoms with Gasteiger partial charge in [0, 0.05) is 5.56 Å². The second kappa shape index (κ2) is 3.82. The van der Waals surface area contributed by atoms with Crippen molar-refractivity contribution in [2.75, 3.05) is 0 Å². The summed E-state index contributed by atoms with van der Waals surface area (Å²) in [6.45, 7) is 0. The van der Waals surface area contributed by atoms with Crippen molar-refractivity contribution in [1.82, 2.24) is 0 Å². The van der Waals surface area contributed by atoms with E-state index in [2.05, 4.69) is 5.92 Å². The molecule has 0 aliphatic heterocycles. The average molecular weight is 201 g/mol. The molecule has 0 radical (unpaired) electrons. The smallest absolute Gasteiger partial charge is 0.141 e. The number of hydrogen-bond donors (Lipinski definition) is 1. The van der Waals surface area contributed by atoms with E-state index in [1.165, 1.54) is 0 Å². The lowest BCUT2D eigenvalue weighted by molar-refractivity contribution is 0.238. The summed E-state index contributed by atoms with van der Waals surface area (Å²) in [4.78, 5) is 0. The molecule has 1 aromatic carbocycles. The van der Waals surface area contributed by atoms with E-state index in [-0.39, 0.29) is 0 Å². The summed E-state index contributed by atoms with van der Waals surface area (Å²) in [7, 11) is 0. The van der Waals surface area contributed by atoms with Gasteiger partial charge in [-0.05, 0) is 6.07 Å². The lowest BCUT2D eigenvalue weighted by Gasteiger charge is -2.06. The van der Waals surface area contributed by atoms with Crippen LogP contribution >= 0.6 is 23.2 Å². The summed E-state index contributed by atoms with van der Waals surface area (Å²) in [5.74, 6) is 2.16. The van der Waals surface area contributed by atoms with Crippen LogP contribution in [0.25, 0.3) is 0 Å². The number of aliphatic hydroxyl groups is 1. The Labute approximate surface area is 80.9 Å². The fourth-order valence-corrected chi connectivity index (χ4v) is 1.23. The molecule has 0 aliphatic carbocycles. The number of aliphatic hydroxyl groups excluding tert-OH is 1. The lowest BCUT2D eigenvalue weighted by atomic mass is 10.1. The van der Waals surface area contributed by atoms with E-state index in [0.29, 0.717) is 15.6 Å². The third kappa shape index (κ3) is 1.73. The molecule has 1 aromatic rings. The van der Waals surface area contributed by atoms with Gasteiger partial charge in [-0.1, -0.05) is 41.3 Å². The van der Waals surface area contributed by atoms with E-state index in [1.807, 2.05) is 0 Å². The fraction of sp³-hybridized carbons (Fsp3) is 0.111. The molecule has 12 heavy (non-hydrogen) atoms. The molecule has 1 atom stereocenters. The van der Waals surface area contributed by atoms with Crippen LogP contribution in [-0.2, 0) is 0 Å². The zero-order valence-electron chi connectivity index (χ0n) is 6.09. The van der Waals surface area contributed by atoms with E-state index in [0.717, 1.165) is 0 Å². The van der Waals surface area contributed by atoms with Gasteiger partial charge in [-0.15, -0.1) is 6.42 Å². The molecule has 1 nitrogen and oxygen atoms in total. The first-order valence-electron chi connectivity index (χ1n) is 3.25. The monoisotopic (exact) mass is 200 g/mol. The minimum Gasteiger partial charge on any atom is -0.376 e. The van der Waals surface area contributed by atoms with Gasteiger partial charge in [-0.25, -0.2) is 0 Å². The van der Waals surface area contributed by atoms with Gasteiger partial charge < -0.3 is 5.11 Å². The van der Waals surface area contributed by atoms with Gasteiger partial charge in [0.1, 0.15) is 6.10 Å². The van der Waals surface area contributed by atoms with Gasteiger partial charge in [0.05, 0.1) is 10.0 Å². The Bertz CT molecular complexity index is 328. The van der Waals surface area contributed by atoms with Gasteiger partial charge in [0.15, 0.2) is 0 Å². The Balaban J connectivity index is 3.18. The predicted molar refractivity (Wildman–Crippen MR) is 50.3 cm³/mol. The van der Waals surface area contributed by atoms with Crippen molar-refractivity contribution < 1.29 is 5.11 Å². The quantitative estimate of drug-likeness (QED) is 0.692. The number of rotatable bonds is 1. The van der Waals surface area contributed by atoms with Crippen LogP contribution in [0.4, 0.5) is 0 Å². The standard InChI is InChI=1S/C9H6Cl2O/c1-2-8(12)6-4-3-5-7(10)9(6)11/h1,3-5,8,12H. The largest absolute Gasteiger partial charge is 0.376 e. The van der Waals surface area contributed by atoms with Crippen LogP contribution in [0.5, 0.6) is 0 Å². The number of terminal acetylenes is 1. The van der Waals surface area contributed by atoms with E-state index < -0.39 is 6.10 Å². The molecule has 0 fully saturated rings. The summed E-state index contributed by atoms with van der Waals surface area (Å²) < 4.78 is 0. The molecule has 1 unspecified atom stereocenters. The zero-order valence-corrected chi connectivity index (χ0v) is 7.60. The third-order valence-corrected chi connectivity index (χ3v) is 2.27. The Morgan fingerprint density at radius 1 is 1.42 bits per heavy atom. The maximum absolute atomic E-state index is 9.26. The number of hydrogen-bond acceptors (Lipinski definition) is 1. The molecule has 62 valence electrons. The topological polar surface area (TPSA) is 20.2 Å². The number of halogens is 2. The van der Waals surface area contributed by atoms with E-state index in [1.54, 1.807) is 18.2 Å². The van der Waals surface area contributed by atoms with Crippen molar-refractivity contribution in [3.05, 3.63) is 33.8 Å². The molecule has 0 amide bonds. The van der Waals surface area contributed by atoms with Crippen LogP contribution in [0.2, 0.25) is 10.0 Å². The van der Waals surface area contributed by atoms with E-state index in [9.17, 15) is 5.11 Å². The zero-order chi connectivity index (χ0) is 9.14. The summed E-state index contributed by atoms with van der Waals surface area (Å²) in [6.07, 6.45) is 4.03. The van der Waals surface area contributed by atoms with Gasteiger partial charge >= 0.3 is 0 Å². The fourth-order valence-electron chi connectivity index (χ4n) is 0.821. The molecule has 0 saturated heterocycles. The third-order valence-electron chi connectivity index (χ3n) is 1.43. The maximum Gasteiger partial charge on any atom is 0.141 e. The highest BCUT2D eigenvalue weighted by atomic mass is 35.5. The average Bonchev–Trinajstić information content (AvgIpc) is 2.08. The SMILES string of the molecule is C#CC(O)c1cccc(Cl)c1Cl. The van der Waals surface area contributed by atoms with E-state index >= 15 is 0 Å². The minimum atomic E-state index is -0.990. The van der Waals surface area contributed by atoms with Crippen LogP contribution in [0.15, 0.2) is 18.2 Å². The van der Waals surface area contributed by atoms with Crippen molar-refractivity contribution in [3.63, 3.8) is 0 Å². The summed E-state index contributed by atoms with van der Waals surface area (Å²) in [6, 6.07) is 4.96. The van der Waals surface area contributed by atoms with Crippen molar-refractivity contribution in [3.8, 4) is 12.3 Å². The number of benzene rings is 1. The molecule has 0 saturated carbocycles. The van der Waals surface area contributed by atoms with Crippen LogP contribution in [0, 0.1) is 12.3 Å². The Morgan fingerprint density at radius 3 is 2.67 bits per heavy atom. The molecule has 3 heteroatoms. The van der Waals surface area contributed by atoms with Crippen molar-refractivity contribution >= 4 is 23.2 Å². The molecule has 1 rings (SSSR count). The normalized spacial score (nSPS) is 12.2. The first-order chi connectivity index (χ1) is 5.66. The van der Waals surface area contributed by atoms with Crippen molar-refractivity contribution in [1.29, 1.82) is 0 Å². The molecule has 0 bridgehead atoms. The maximum atomic E-state index is 9.26. The first kappa shape index (κ1) is 9.41. The molecule has 1 N–H and O–H groups in total. The summed E-state index contributed by atoms with van der Waals surface area (Å²) in [5, 5.41) is 9.96.